The first kappa shape index (κ1) is 17.0. The van der Waals surface area contributed by atoms with Gasteiger partial charge in [0.1, 0.15) is 0 Å². The fraction of sp³-hybridized carbons (Fsp3) is 1.00. The normalized spacial score (nSPS) is 7.43. The van der Waals surface area contributed by atoms with Crippen molar-refractivity contribution in [1.82, 2.24) is 5.01 Å². The molecule has 0 saturated heterocycles. The molecule has 2 N–H and O–H groups in total. The number of nitrogens with zero attached hydrogens (tertiary/aromatic N) is 1. The number of hydrogen-bond acceptors (Lipinski definition) is 2. The highest BCUT2D eigenvalue weighted by molar-refractivity contribution is 7.68. The molecule has 0 aromatic rings. The highest BCUT2D eigenvalue weighted by atomic mass is 15.4. The average Bonchev–Trinajstić information content (AvgIpc) is 2.10. The first-order valence-corrected chi connectivity index (χ1v) is 6.07. The Morgan fingerprint density at radius 3 is 1.21 bits per heavy atom. The van der Waals surface area contributed by atoms with Crippen LogP contribution in [-0.4, -0.2) is 91.1 Å². The zero-order valence-corrected chi connectivity index (χ0v) is 10.7. The molecule has 0 aliphatic rings. The molecule has 0 atom stereocenters. The lowest BCUT2D eigenvalue weighted by atomic mass is 8.89. The van der Waals surface area contributed by atoms with Gasteiger partial charge in [-0.25, -0.2) is 0 Å². The minimum absolute atomic E-state index is 1.37. The van der Waals surface area contributed by atoms with Crippen molar-refractivity contribution < 1.29 is 0 Å². The van der Waals surface area contributed by atoms with Crippen molar-refractivity contribution >= 4 is 72.0 Å². The van der Waals surface area contributed by atoms with Crippen molar-refractivity contribution in [3.8, 4) is 0 Å². The fourth-order valence-electron chi connectivity index (χ4n) is 1.21. The monoisotopic (exact) mass is 182 g/mol. The van der Waals surface area contributed by atoms with E-state index in [2.05, 4.69) is 15.5 Å². The summed E-state index contributed by atoms with van der Waals surface area (Å²) in [5.74, 6) is 4.94. The highest BCUT2D eigenvalue weighted by Crippen LogP contribution is 1.54. The van der Waals surface area contributed by atoms with E-state index in [4.69, 9.17) is 5.84 Å². The lowest BCUT2D eigenvalue weighted by molar-refractivity contribution is 0.432. The Kier molecular flexibility index (Phi) is 19.4. The first-order valence-electron chi connectivity index (χ1n) is 6.07. The van der Waals surface area contributed by atoms with Crippen molar-refractivity contribution in [2.24, 2.45) is 5.84 Å². The molecule has 0 bridgehead atoms. The predicted octanol–water partition coefficient (Wildman–Crippen LogP) is -7.60. The van der Waals surface area contributed by atoms with E-state index < -0.39 is 0 Å². The standard InChI is InChI=1S/C2H8N2.B10H12/c1-4(2)3;1-3-5-7-9-10-8-6-4-2/h3H2,1-2H3;3-10H,1-2H2. The first-order chi connectivity index (χ1) is 6.65. The molecule has 0 radical (unpaired) electrons. The Morgan fingerprint density at radius 1 is 0.786 bits per heavy atom. The molecule has 2 nitrogen and oxygen atoms in total. The van der Waals surface area contributed by atoms with Gasteiger partial charge in [0.05, 0.1) is 15.5 Å². The van der Waals surface area contributed by atoms with Crippen LogP contribution in [0.25, 0.3) is 0 Å². The summed E-state index contributed by atoms with van der Waals surface area (Å²) in [6, 6.07) is 0. The molecule has 68 valence electrons. The summed E-state index contributed by atoms with van der Waals surface area (Å²) in [4.78, 5) is 0. The smallest absolute Gasteiger partial charge is 0.0597 e. The van der Waals surface area contributed by atoms with Gasteiger partial charge in [-0.15, -0.1) is 0 Å². The van der Waals surface area contributed by atoms with Crippen molar-refractivity contribution in [1.29, 1.82) is 0 Å². The minimum atomic E-state index is 1.37. The van der Waals surface area contributed by atoms with Crippen LogP contribution in [0.4, 0.5) is 0 Å². The third kappa shape index (κ3) is 29.4. The maximum absolute atomic E-state index is 4.94. The molecule has 0 aliphatic heterocycles. The van der Waals surface area contributed by atoms with Gasteiger partial charge in [-0.2, -0.15) is 0 Å². The molecule has 14 heavy (non-hydrogen) atoms. The van der Waals surface area contributed by atoms with Crippen molar-refractivity contribution in [3.63, 3.8) is 0 Å². The van der Waals surface area contributed by atoms with Gasteiger partial charge in [0.2, 0.25) is 0 Å². The Labute approximate surface area is 97.2 Å². The Hall–Kier alpha value is 0.569. The second-order valence-electron chi connectivity index (χ2n) is 4.08. The molecular weight excluding hydrogens is 160 g/mol. The van der Waals surface area contributed by atoms with Crippen molar-refractivity contribution in [2.75, 3.05) is 14.1 Å². The van der Waals surface area contributed by atoms with E-state index in [-0.39, 0.29) is 0 Å². The molecule has 0 fully saturated rings. The maximum Gasteiger partial charge on any atom is 0.0597 e. The second-order valence-corrected chi connectivity index (χ2v) is 4.08. The van der Waals surface area contributed by atoms with Crippen LogP contribution in [-0.2, 0) is 0 Å². The van der Waals surface area contributed by atoms with E-state index >= 15 is 0 Å². The summed E-state index contributed by atoms with van der Waals surface area (Å²) >= 11 is 0. The zero-order chi connectivity index (χ0) is 11.2. The van der Waals surface area contributed by atoms with E-state index in [1.54, 1.807) is 14.1 Å². The van der Waals surface area contributed by atoms with Crippen molar-refractivity contribution in [2.45, 2.75) is 0 Å². The topological polar surface area (TPSA) is 29.3 Å². The molecule has 0 unspecified atom stereocenters. The van der Waals surface area contributed by atoms with Crippen LogP contribution in [0.1, 0.15) is 0 Å². The van der Waals surface area contributed by atoms with Gasteiger partial charge >= 0.3 is 0 Å². The van der Waals surface area contributed by atoms with Gasteiger partial charge in [-0.05, 0) is 0 Å². The van der Waals surface area contributed by atoms with Crippen LogP contribution in [0.5, 0.6) is 0 Å². The number of hydrogen-bond donors (Lipinski definition) is 1. The van der Waals surface area contributed by atoms with Crippen LogP contribution in [0.2, 0.25) is 0 Å². The van der Waals surface area contributed by atoms with Crippen LogP contribution >= 0.6 is 0 Å². The summed E-state index contributed by atoms with van der Waals surface area (Å²) in [5.41, 5.74) is 0. The Bertz CT molecular complexity index is 79.4. The summed E-state index contributed by atoms with van der Waals surface area (Å²) in [7, 11) is 19.6. The molecule has 0 heterocycles. The molecule has 0 rings (SSSR count). The van der Waals surface area contributed by atoms with Gasteiger partial charge in [0.15, 0.2) is 0 Å². The van der Waals surface area contributed by atoms with E-state index in [1.165, 1.54) is 61.5 Å². The molecule has 0 aromatic heterocycles. The molecule has 0 aromatic carbocycles. The van der Waals surface area contributed by atoms with E-state index in [0.29, 0.717) is 0 Å². The van der Waals surface area contributed by atoms with E-state index in [1.807, 2.05) is 0 Å². The molecule has 0 saturated carbocycles. The average molecular weight is 180 g/mol. The molecular formula is C2H20B10N2. The van der Waals surface area contributed by atoms with Gasteiger partial charge < -0.3 is 0 Å². The summed E-state index contributed by atoms with van der Waals surface area (Å²) in [5, 5.41) is 1.50. The third-order valence-electron chi connectivity index (χ3n) is 1.96. The number of rotatable bonds is 7. The number of hydrazine groups is 1. The molecule has 0 spiro atoms. The molecule has 12 heteroatoms. The summed E-state index contributed by atoms with van der Waals surface area (Å²) in [6.45, 7) is 0. The van der Waals surface area contributed by atoms with Gasteiger partial charge in [0.25, 0.3) is 0 Å². The van der Waals surface area contributed by atoms with Crippen LogP contribution in [0.15, 0.2) is 0 Å². The lowest BCUT2D eigenvalue weighted by Gasteiger charge is -1.91. The van der Waals surface area contributed by atoms with Gasteiger partial charge in [-0.3, -0.25) is 10.9 Å². The Morgan fingerprint density at radius 2 is 1.00 bits per heavy atom. The van der Waals surface area contributed by atoms with Gasteiger partial charge in [-0.1, -0.05) is 0 Å². The van der Waals surface area contributed by atoms with Crippen LogP contribution in [0, 0.1) is 0 Å². The Balaban J connectivity index is 0. The van der Waals surface area contributed by atoms with Crippen molar-refractivity contribution in [3.05, 3.63) is 0 Å². The highest BCUT2D eigenvalue weighted by Gasteiger charge is 1.96. The number of nitrogens with two attached hydrogens (primary N) is 1. The van der Waals surface area contributed by atoms with E-state index in [0.717, 1.165) is 0 Å². The van der Waals surface area contributed by atoms with Crippen LogP contribution in [0.3, 0.4) is 0 Å². The largest absolute Gasteiger partial charge is 0.269 e. The van der Waals surface area contributed by atoms with Gasteiger partial charge in [0, 0.05) is 70.6 Å². The molecule has 0 amide bonds. The summed E-state index contributed by atoms with van der Waals surface area (Å²) in [6.07, 6.45) is 0. The predicted molar refractivity (Wildman–Crippen MR) is 92.2 cm³/mol. The fourth-order valence-corrected chi connectivity index (χ4v) is 1.21. The lowest BCUT2D eigenvalue weighted by Crippen LogP contribution is -2.30. The SMILES string of the molecule is BBBBBBBBBB.CN(C)N. The van der Waals surface area contributed by atoms with E-state index in [9.17, 15) is 0 Å². The molecule has 0 aliphatic carbocycles. The quantitative estimate of drug-likeness (QED) is 0.183. The minimum Gasteiger partial charge on any atom is -0.269 e. The zero-order valence-electron chi connectivity index (χ0n) is 10.7. The second kappa shape index (κ2) is 16.0. The van der Waals surface area contributed by atoms with Crippen LogP contribution < -0.4 is 5.84 Å². The maximum atomic E-state index is 4.94. The summed E-state index contributed by atoms with van der Waals surface area (Å²) < 4.78 is 0. The third-order valence-corrected chi connectivity index (χ3v) is 1.96.